The highest BCUT2D eigenvalue weighted by Gasteiger charge is 2.36. The van der Waals surface area contributed by atoms with E-state index in [9.17, 15) is 21.2 Å². The van der Waals surface area contributed by atoms with Crippen LogP contribution in [0.25, 0.3) is 11.4 Å². The maximum absolute atomic E-state index is 14.3. The Hall–Kier alpha value is -2.24. The topological polar surface area (TPSA) is 202 Å². The van der Waals surface area contributed by atoms with E-state index in [1.54, 1.807) is 4.90 Å². The molecule has 2 aliphatic rings. The lowest BCUT2D eigenvalue weighted by molar-refractivity contribution is 0.251. The molecule has 13 nitrogen and oxygen atoms in total. The first-order chi connectivity index (χ1) is 15.1. The molecule has 0 saturated carbocycles. The Balaban J connectivity index is 1.91. The maximum atomic E-state index is 14.3. The standard InChI is InChI=1S/C16H24FN9O4S2/c17-10-8-26(6-4-11(10)18)12-1-2-13(32(29,30)23-9-3-5-20-7-9)15(31(19,27)28)14(12)16-21-24-25-22-16/h1-2,9-11,20,23H,3-8,18H2,(H2,19,27,28)(H,21,22,24,25)/t9-,10+,11-/m1/s1. The summed E-state index contributed by atoms with van der Waals surface area (Å²) >= 11 is 0. The Labute approximate surface area is 184 Å². The molecule has 0 spiro atoms. The number of hydrogen-bond acceptors (Lipinski definition) is 10. The first kappa shape index (κ1) is 22.9. The number of rotatable bonds is 6. The van der Waals surface area contributed by atoms with Gasteiger partial charge in [-0.2, -0.15) is 5.21 Å². The highest BCUT2D eigenvalue weighted by Crippen LogP contribution is 2.39. The predicted molar refractivity (Wildman–Crippen MR) is 112 cm³/mol. The number of aromatic amines is 1. The molecule has 16 heteroatoms. The first-order valence-electron chi connectivity index (χ1n) is 9.89. The van der Waals surface area contributed by atoms with Gasteiger partial charge in [-0.15, -0.1) is 10.2 Å². The fourth-order valence-corrected chi connectivity index (χ4v) is 6.84. The van der Waals surface area contributed by atoms with E-state index in [0.29, 0.717) is 32.5 Å². The van der Waals surface area contributed by atoms with Crippen molar-refractivity contribution >= 4 is 25.7 Å². The molecule has 3 atom stereocenters. The largest absolute Gasteiger partial charge is 0.368 e. The van der Waals surface area contributed by atoms with Gasteiger partial charge in [0, 0.05) is 30.9 Å². The number of hydrogen-bond donors (Lipinski definition) is 5. The van der Waals surface area contributed by atoms with Crippen molar-refractivity contribution in [3.63, 3.8) is 0 Å². The summed E-state index contributed by atoms with van der Waals surface area (Å²) in [4.78, 5) is 0.347. The summed E-state index contributed by atoms with van der Waals surface area (Å²) in [5.41, 5.74) is 5.80. The van der Waals surface area contributed by atoms with E-state index >= 15 is 0 Å². The Morgan fingerprint density at radius 1 is 1.22 bits per heavy atom. The fourth-order valence-electron chi connectivity index (χ4n) is 3.97. The van der Waals surface area contributed by atoms with Gasteiger partial charge in [0.1, 0.15) is 16.0 Å². The number of halogens is 1. The molecule has 4 rings (SSSR count). The number of nitrogens with zero attached hydrogens (tertiary/aromatic N) is 4. The molecule has 0 radical (unpaired) electrons. The zero-order valence-corrected chi connectivity index (χ0v) is 18.5. The van der Waals surface area contributed by atoms with Crippen molar-refractivity contribution < 1.29 is 21.2 Å². The Morgan fingerprint density at radius 2 is 2.00 bits per heavy atom. The molecule has 1 aromatic heterocycles. The second-order valence-corrected chi connectivity index (χ2v) is 11.0. The summed E-state index contributed by atoms with van der Waals surface area (Å²) in [6, 6.07) is 1.48. The van der Waals surface area contributed by atoms with Crippen molar-refractivity contribution in [3.8, 4) is 11.4 Å². The third-order valence-corrected chi connectivity index (χ3v) is 8.24. The van der Waals surface area contributed by atoms with Crippen molar-refractivity contribution in [2.24, 2.45) is 10.9 Å². The molecule has 0 bridgehead atoms. The molecule has 0 aliphatic carbocycles. The molecule has 2 fully saturated rings. The summed E-state index contributed by atoms with van der Waals surface area (Å²) in [7, 11) is -8.88. The van der Waals surface area contributed by atoms with Crippen LogP contribution in [0.5, 0.6) is 0 Å². The highest BCUT2D eigenvalue weighted by atomic mass is 32.2. The van der Waals surface area contributed by atoms with E-state index in [1.807, 2.05) is 0 Å². The van der Waals surface area contributed by atoms with E-state index in [-0.39, 0.29) is 23.6 Å². The van der Waals surface area contributed by atoms with Gasteiger partial charge in [-0.1, -0.05) is 0 Å². The number of H-pyrrole nitrogens is 1. The van der Waals surface area contributed by atoms with E-state index in [4.69, 9.17) is 10.9 Å². The minimum absolute atomic E-state index is 0.117. The Kier molecular flexibility index (Phi) is 6.17. The lowest BCUT2D eigenvalue weighted by Crippen LogP contribution is -2.48. The van der Waals surface area contributed by atoms with Crippen molar-refractivity contribution in [2.75, 3.05) is 31.1 Å². The van der Waals surface area contributed by atoms with Crippen LogP contribution in [0.15, 0.2) is 21.9 Å². The first-order valence-corrected chi connectivity index (χ1v) is 12.9. The van der Waals surface area contributed by atoms with Crippen LogP contribution in [0.2, 0.25) is 0 Å². The molecule has 0 amide bonds. The summed E-state index contributed by atoms with van der Waals surface area (Å²) in [6.07, 6.45) is -0.501. The van der Waals surface area contributed by atoms with Gasteiger partial charge >= 0.3 is 0 Å². The number of alkyl halides is 1. The molecule has 7 N–H and O–H groups in total. The van der Waals surface area contributed by atoms with Gasteiger partial charge in [-0.05, 0) is 36.7 Å². The predicted octanol–water partition coefficient (Wildman–Crippen LogP) is -1.97. The lowest BCUT2D eigenvalue weighted by Gasteiger charge is -2.35. The number of anilines is 1. The number of benzene rings is 1. The Bertz CT molecular complexity index is 1180. The normalized spacial score (nSPS) is 24.7. The van der Waals surface area contributed by atoms with E-state index in [2.05, 4.69) is 30.7 Å². The number of tetrazole rings is 1. The van der Waals surface area contributed by atoms with Crippen LogP contribution in [-0.2, 0) is 20.0 Å². The van der Waals surface area contributed by atoms with Gasteiger partial charge in [0.2, 0.25) is 25.9 Å². The monoisotopic (exact) mass is 489 g/mol. The number of nitrogens with one attached hydrogen (secondary N) is 3. The summed E-state index contributed by atoms with van der Waals surface area (Å²) in [6.45, 7) is 1.23. The highest BCUT2D eigenvalue weighted by molar-refractivity contribution is 7.92. The van der Waals surface area contributed by atoms with Crippen molar-refractivity contribution in [1.29, 1.82) is 0 Å². The second-order valence-electron chi connectivity index (χ2n) is 7.79. The zero-order valence-electron chi connectivity index (χ0n) is 16.9. The molecule has 2 saturated heterocycles. The van der Waals surface area contributed by atoms with Crippen LogP contribution in [0.1, 0.15) is 12.8 Å². The molecular formula is C16H24FN9O4S2. The molecule has 3 heterocycles. The summed E-state index contributed by atoms with van der Waals surface area (Å²) < 4.78 is 68.5. The summed E-state index contributed by atoms with van der Waals surface area (Å²) in [5.74, 6) is -0.186. The maximum Gasteiger partial charge on any atom is 0.242 e. The minimum atomic E-state index is -4.59. The van der Waals surface area contributed by atoms with Crippen LogP contribution in [0.4, 0.5) is 10.1 Å². The minimum Gasteiger partial charge on any atom is -0.368 e. The summed E-state index contributed by atoms with van der Waals surface area (Å²) in [5, 5.41) is 21.9. The van der Waals surface area contributed by atoms with Crippen LogP contribution < -0.4 is 25.8 Å². The lowest BCUT2D eigenvalue weighted by atomic mass is 10.0. The van der Waals surface area contributed by atoms with Gasteiger partial charge in [0.15, 0.2) is 0 Å². The van der Waals surface area contributed by atoms with E-state index < -0.39 is 48.1 Å². The van der Waals surface area contributed by atoms with E-state index in [1.165, 1.54) is 6.07 Å². The number of piperidine rings is 1. The zero-order chi connectivity index (χ0) is 23.1. The molecule has 176 valence electrons. The number of aromatic nitrogens is 4. The van der Waals surface area contributed by atoms with Gasteiger partial charge in [-0.25, -0.2) is 31.1 Å². The second kappa shape index (κ2) is 8.60. The number of sulfonamides is 2. The average molecular weight is 490 g/mol. The number of primary sulfonamides is 1. The third-order valence-electron chi connectivity index (χ3n) is 5.56. The fraction of sp³-hybridized carbons (Fsp3) is 0.562. The van der Waals surface area contributed by atoms with Crippen LogP contribution in [0, 0.1) is 0 Å². The molecule has 32 heavy (non-hydrogen) atoms. The van der Waals surface area contributed by atoms with Gasteiger partial charge in [0.25, 0.3) is 0 Å². The molecule has 2 aliphatic heterocycles. The smallest absolute Gasteiger partial charge is 0.242 e. The van der Waals surface area contributed by atoms with Gasteiger partial charge < -0.3 is 16.0 Å². The van der Waals surface area contributed by atoms with Crippen LogP contribution >= 0.6 is 0 Å². The Morgan fingerprint density at radius 3 is 2.59 bits per heavy atom. The third kappa shape index (κ3) is 4.46. The van der Waals surface area contributed by atoms with Crippen molar-refractivity contribution in [3.05, 3.63) is 12.1 Å². The van der Waals surface area contributed by atoms with Crippen molar-refractivity contribution in [1.82, 2.24) is 30.7 Å². The molecule has 2 aromatic rings. The molecule has 1 aromatic carbocycles. The van der Waals surface area contributed by atoms with Gasteiger partial charge in [0.05, 0.1) is 12.1 Å². The average Bonchev–Trinajstić information content (AvgIpc) is 3.42. The van der Waals surface area contributed by atoms with Gasteiger partial charge in [-0.3, -0.25) is 0 Å². The van der Waals surface area contributed by atoms with Crippen LogP contribution in [0.3, 0.4) is 0 Å². The molecule has 0 unspecified atom stereocenters. The van der Waals surface area contributed by atoms with Crippen LogP contribution in [-0.4, -0.2) is 81.9 Å². The number of nitrogens with two attached hydrogens (primary N) is 2. The quantitative estimate of drug-likeness (QED) is 0.303. The van der Waals surface area contributed by atoms with Crippen molar-refractivity contribution in [2.45, 2.75) is 40.9 Å². The van der Waals surface area contributed by atoms with E-state index in [0.717, 1.165) is 6.07 Å². The molecular weight excluding hydrogens is 465 g/mol. The SMILES string of the molecule is N[C@@H]1CCN(c2ccc(S(=O)(=O)N[C@@H]3CCNC3)c(S(N)(=O)=O)c2-c2nn[nH]n2)C[C@@H]1F.